The third-order valence-electron chi connectivity index (χ3n) is 4.85. The lowest BCUT2D eigenvalue weighted by Crippen LogP contribution is -2.09. The molecule has 0 aromatic heterocycles. The first-order valence-corrected chi connectivity index (χ1v) is 10.6. The fraction of sp³-hybridized carbons (Fsp3) is 0.952. The van der Waals surface area contributed by atoms with E-state index in [0.717, 1.165) is 25.7 Å². The number of aliphatic hydroxyl groups is 1. The zero-order valence-corrected chi connectivity index (χ0v) is 16.2. The van der Waals surface area contributed by atoms with E-state index in [-0.39, 0.29) is 12.0 Å². The summed E-state index contributed by atoms with van der Waals surface area (Å²) in [5.74, 6) is -0.176. The molecular formula is C21H43NO2. The molecule has 3 heteroatoms. The van der Waals surface area contributed by atoms with Gasteiger partial charge in [0.25, 0.3) is 0 Å². The summed E-state index contributed by atoms with van der Waals surface area (Å²) in [6, 6.07) is 0. The molecule has 0 saturated heterocycles. The Morgan fingerprint density at radius 2 is 1.08 bits per heavy atom. The Hall–Kier alpha value is -0.570. The SMILES string of the molecule is CCCCCCCCCC(O)CCCCCCCCCCC(N)=O. The number of carbonyl (C=O) groups excluding carboxylic acids is 1. The van der Waals surface area contributed by atoms with E-state index in [1.807, 2.05) is 0 Å². The van der Waals surface area contributed by atoms with Crippen LogP contribution in [-0.2, 0) is 4.79 Å². The van der Waals surface area contributed by atoms with Gasteiger partial charge in [-0.2, -0.15) is 0 Å². The fourth-order valence-corrected chi connectivity index (χ4v) is 3.22. The predicted molar refractivity (Wildman–Crippen MR) is 104 cm³/mol. The Bertz CT molecular complexity index is 269. The van der Waals surface area contributed by atoms with Crippen molar-refractivity contribution >= 4 is 5.91 Å². The Labute approximate surface area is 150 Å². The predicted octanol–water partition coefficient (Wildman–Crippen LogP) is 5.87. The average Bonchev–Trinajstić information content (AvgIpc) is 2.55. The number of amides is 1. The third kappa shape index (κ3) is 19.5. The number of carbonyl (C=O) groups is 1. The van der Waals surface area contributed by atoms with Crippen molar-refractivity contribution in [1.29, 1.82) is 0 Å². The van der Waals surface area contributed by atoms with E-state index in [0.29, 0.717) is 6.42 Å². The van der Waals surface area contributed by atoms with Crippen LogP contribution in [-0.4, -0.2) is 17.1 Å². The summed E-state index contributed by atoms with van der Waals surface area (Å²) in [6.07, 6.45) is 21.2. The van der Waals surface area contributed by atoms with Gasteiger partial charge in [-0.05, 0) is 19.3 Å². The van der Waals surface area contributed by atoms with Gasteiger partial charge in [0, 0.05) is 6.42 Å². The molecule has 24 heavy (non-hydrogen) atoms. The van der Waals surface area contributed by atoms with Gasteiger partial charge in [0.05, 0.1) is 6.10 Å². The van der Waals surface area contributed by atoms with E-state index >= 15 is 0 Å². The van der Waals surface area contributed by atoms with Crippen LogP contribution < -0.4 is 5.73 Å². The van der Waals surface area contributed by atoms with Crippen molar-refractivity contribution in [2.24, 2.45) is 5.73 Å². The summed E-state index contributed by atoms with van der Waals surface area (Å²) >= 11 is 0. The van der Waals surface area contributed by atoms with Crippen LogP contribution in [0.5, 0.6) is 0 Å². The van der Waals surface area contributed by atoms with Gasteiger partial charge in [-0.3, -0.25) is 4.79 Å². The minimum atomic E-state index is -0.176. The number of primary amides is 1. The maximum atomic E-state index is 10.6. The zero-order valence-electron chi connectivity index (χ0n) is 16.2. The second kappa shape index (κ2) is 18.8. The smallest absolute Gasteiger partial charge is 0.217 e. The highest BCUT2D eigenvalue weighted by atomic mass is 16.3. The molecule has 0 aromatic rings. The maximum absolute atomic E-state index is 10.6. The minimum Gasteiger partial charge on any atom is -0.393 e. The lowest BCUT2D eigenvalue weighted by atomic mass is 10.0. The van der Waals surface area contributed by atoms with Gasteiger partial charge in [0.15, 0.2) is 0 Å². The number of nitrogens with two attached hydrogens (primary N) is 1. The zero-order chi connectivity index (χ0) is 17.9. The number of hydrogen-bond donors (Lipinski definition) is 2. The number of unbranched alkanes of at least 4 members (excludes halogenated alkanes) is 13. The molecule has 3 N–H and O–H groups in total. The molecule has 0 aliphatic heterocycles. The largest absolute Gasteiger partial charge is 0.393 e. The molecule has 0 radical (unpaired) electrons. The van der Waals surface area contributed by atoms with Crippen molar-refractivity contribution in [3.8, 4) is 0 Å². The molecule has 0 spiro atoms. The average molecular weight is 342 g/mol. The van der Waals surface area contributed by atoms with Crippen molar-refractivity contribution in [3.05, 3.63) is 0 Å². The van der Waals surface area contributed by atoms with Crippen LogP contribution in [0.15, 0.2) is 0 Å². The normalized spacial score (nSPS) is 12.4. The van der Waals surface area contributed by atoms with E-state index in [1.165, 1.54) is 83.5 Å². The molecule has 0 fully saturated rings. The molecule has 0 saturated carbocycles. The minimum absolute atomic E-state index is 0.0746. The van der Waals surface area contributed by atoms with Gasteiger partial charge in [0.2, 0.25) is 5.91 Å². The summed E-state index contributed by atoms with van der Waals surface area (Å²) in [5, 5.41) is 10.00. The lowest BCUT2D eigenvalue weighted by Gasteiger charge is -2.10. The highest BCUT2D eigenvalue weighted by molar-refractivity contribution is 5.73. The molecule has 3 nitrogen and oxygen atoms in total. The Balaban J connectivity index is 3.15. The molecule has 1 atom stereocenters. The first kappa shape index (κ1) is 23.4. The summed E-state index contributed by atoms with van der Waals surface area (Å²) in [7, 11) is 0. The Kier molecular flexibility index (Phi) is 18.3. The van der Waals surface area contributed by atoms with E-state index in [2.05, 4.69) is 6.92 Å². The van der Waals surface area contributed by atoms with Gasteiger partial charge in [0.1, 0.15) is 0 Å². The van der Waals surface area contributed by atoms with Crippen molar-refractivity contribution in [2.75, 3.05) is 0 Å². The summed E-state index contributed by atoms with van der Waals surface area (Å²) in [5.41, 5.74) is 5.12. The second-order valence-electron chi connectivity index (χ2n) is 7.40. The molecule has 0 rings (SSSR count). The highest BCUT2D eigenvalue weighted by Gasteiger charge is 2.03. The van der Waals surface area contributed by atoms with Gasteiger partial charge >= 0.3 is 0 Å². The van der Waals surface area contributed by atoms with Crippen LogP contribution in [0.1, 0.15) is 122 Å². The molecule has 0 bridgehead atoms. The van der Waals surface area contributed by atoms with Crippen LogP contribution in [0.25, 0.3) is 0 Å². The first-order valence-electron chi connectivity index (χ1n) is 10.6. The van der Waals surface area contributed by atoms with Crippen molar-refractivity contribution in [2.45, 2.75) is 129 Å². The molecule has 1 unspecified atom stereocenters. The van der Waals surface area contributed by atoms with Gasteiger partial charge in [-0.1, -0.05) is 96.8 Å². The highest BCUT2D eigenvalue weighted by Crippen LogP contribution is 2.15. The third-order valence-corrected chi connectivity index (χ3v) is 4.85. The molecule has 144 valence electrons. The van der Waals surface area contributed by atoms with Crippen molar-refractivity contribution in [1.82, 2.24) is 0 Å². The molecular weight excluding hydrogens is 298 g/mol. The van der Waals surface area contributed by atoms with E-state index in [9.17, 15) is 9.90 Å². The summed E-state index contributed by atoms with van der Waals surface area (Å²) < 4.78 is 0. The van der Waals surface area contributed by atoms with Crippen LogP contribution in [0.2, 0.25) is 0 Å². The monoisotopic (exact) mass is 341 g/mol. The molecule has 1 amide bonds. The van der Waals surface area contributed by atoms with Crippen LogP contribution in [0.4, 0.5) is 0 Å². The number of hydrogen-bond acceptors (Lipinski definition) is 2. The summed E-state index contributed by atoms with van der Waals surface area (Å²) in [4.78, 5) is 10.6. The van der Waals surface area contributed by atoms with Crippen LogP contribution >= 0.6 is 0 Å². The quantitative estimate of drug-likeness (QED) is 0.288. The van der Waals surface area contributed by atoms with E-state index in [4.69, 9.17) is 5.73 Å². The van der Waals surface area contributed by atoms with E-state index < -0.39 is 0 Å². The van der Waals surface area contributed by atoms with Gasteiger partial charge in [-0.15, -0.1) is 0 Å². The lowest BCUT2D eigenvalue weighted by molar-refractivity contribution is -0.118. The number of rotatable bonds is 19. The van der Waals surface area contributed by atoms with Crippen LogP contribution in [0, 0.1) is 0 Å². The second-order valence-corrected chi connectivity index (χ2v) is 7.40. The Morgan fingerprint density at radius 1 is 0.708 bits per heavy atom. The molecule has 0 heterocycles. The topological polar surface area (TPSA) is 63.3 Å². The van der Waals surface area contributed by atoms with Gasteiger partial charge in [-0.25, -0.2) is 0 Å². The fourth-order valence-electron chi connectivity index (χ4n) is 3.22. The summed E-state index contributed by atoms with van der Waals surface area (Å²) in [6.45, 7) is 2.25. The number of aliphatic hydroxyl groups excluding tert-OH is 1. The molecule has 0 aliphatic carbocycles. The first-order chi connectivity index (χ1) is 11.7. The van der Waals surface area contributed by atoms with Gasteiger partial charge < -0.3 is 10.8 Å². The molecule has 0 aromatic carbocycles. The van der Waals surface area contributed by atoms with E-state index in [1.54, 1.807) is 0 Å². The standard InChI is InChI=1S/C21H43NO2/c1-2-3-4-5-8-11-14-17-20(23)18-15-12-9-6-7-10-13-16-19-21(22)24/h20,23H,2-19H2,1H3,(H2,22,24). The van der Waals surface area contributed by atoms with Crippen LogP contribution in [0.3, 0.4) is 0 Å². The Morgan fingerprint density at radius 3 is 1.50 bits per heavy atom. The molecule has 0 aliphatic rings. The van der Waals surface area contributed by atoms with Crippen molar-refractivity contribution < 1.29 is 9.90 Å². The maximum Gasteiger partial charge on any atom is 0.217 e. The van der Waals surface area contributed by atoms with Crippen molar-refractivity contribution in [3.63, 3.8) is 0 Å².